The molecule has 0 bridgehead atoms. The molecule has 0 saturated carbocycles. The van der Waals surface area contributed by atoms with Crippen LogP contribution < -0.4 is 10.5 Å². The van der Waals surface area contributed by atoms with Crippen molar-refractivity contribution >= 4 is 22.9 Å². The van der Waals surface area contributed by atoms with Crippen molar-refractivity contribution in [1.82, 2.24) is 14.5 Å². The molecule has 1 aromatic carbocycles. The first kappa shape index (κ1) is 15.6. The highest BCUT2D eigenvalue weighted by Crippen LogP contribution is 2.35. The van der Waals surface area contributed by atoms with Crippen LogP contribution >= 0.6 is 0 Å². The van der Waals surface area contributed by atoms with E-state index in [1.165, 1.54) is 0 Å². The Labute approximate surface area is 139 Å². The molecule has 120 valence electrons. The number of hydrogen-bond donors (Lipinski definition) is 1. The molecule has 2 aromatic heterocycles. The minimum absolute atomic E-state index is 0.336. The van der Waals surface area contributed by atoms with Gasteiger partial charge in [-0.1, -0.05) is 12.6 Å². The average molecular weight is 319 g/mol. The maximum Gasteiger partial charge on any atom is 0.153 e. The second-order valence-corrected chi connectivity index (χ2v) is 5.44. The average Bonchev–Trinajstić information content (AvgIpc) is 2.86. The summed E-state index contributed by atoms with van der Waals surface area (Å²) in [6.45, 7) is 7.63. The Morgan fingerprint density at radius 1 is 1.38 bits per heavy atom. The first-order valence-electron chi connectivity index (χ1n) is 7.37. The van der Waals surface area contributed by atoms with E-state index in [0.29, 0.717) is 28.2 Å². The predicted molar refractivity (Wildman–Crippen MR) is 94.1 cm³/mol. The Kier molecular flexibility index (Phi) is 3.70. The number of hydrogen-bond acceptors (Lipinski definition) is 5. The Hall–Kier alpha value is -3.33. The summed E-state index contributed by atoms with van der Waals surface area (Å²) in [5, 5.41) is 10.1. The molecular formula is C18H17N5O. The summed E-state index contributed by atoms with van der Waals surface area (Å²) in [7, 11) is 1.62. The van der Waals surface area contributed by atoms with E-state index in [-0.39, 0.29) is 0 Å². The van der Waals surface area contributed by atoms with E-state index in [4.69, 9.17) is 10.5 Å². The van der Waals surface area contributed by atoms with E-state index in [1.54, 1.807) is 23.9 Å². The van der Waals surface area contributed by atoms with Gasteiger partial charge in [-0.25, -0.2) is 9.97 Å². The van der Waals surface area contributed by atoms with E-state index in [0.717, 1.165) is 22.6 Å². The van der Waals surface area contributed by atoms with Crippen molar-refractivity contribution in [3.63, 3.8) is 0 Å². The minimum Gasteiger partial charge on any atom is -0.496 e. The van der Waals surface area contributed by atoms with Crippen LogP contribution in [0.2, 0.25) is 0 Å². The second kappa shape index (κ2) is 5.70. The smallest absolute Gasteiger partial charge is 0.153 e. The van der Waals surface area contributed by atoms with Gasteiger partial charge < -0.3 is 10.5 Å². The second-order valence-electron chi connectivity index (χ2n) is 5.44. The molecule has 0 aliphatic heterocycles. The fourth-order valence-electron chi connectivity index (χ4n) is 2.92. The Morgan fingerprint density at radius 2 is 2.12 bits per heavy atom. The molecule has 6 heteroatoms. The first-order chi connectivity index (χ1) is 11.5. The summed E-state index contributed by atoms with van der Waals surface area (Å²) in [5.74, 6) is 1.56. The van der Waals surface area contributed by atoms with Gasteiger partial charge in [0, 0.05) is 11.8 Å². The topological polar surface area (TPSA) is 89.8 Å². The molecule has 0 spiro atoms. The number of nitrogens with two attached hydrogens (primary N) is 1. The SMILES string of the molecule is C=Cc1ncc2c(C#N)c(N)n(-c3c(C)ccc(OC)c3C)c2n1. The number of nitrogens with zero attached hydrogens (tertiary/aromatic N) is 4. The standard InChI is InChI=1S/C18H17N5O/c1-5-15-21-9-13-12(8-19)17(20)23(18(13)22-15)16-10(2)6-7-14(24-4)11(16)3/h5-7,9H,1,20H2,2-4H3. The lowest BCUT2D eigenvalue weighted by Gasteiger charge is -2.16. The van der Waals surface area contributed by atoms with Gasteiger partial charge in [0.1, 0.15) is 23.2 Å². The predicted octanol–water partition coefficient (Wildman–Crippen LogP) is 3.14. The van der Waals surface area contributed by atoms with Crippen molar-refractivity contribution in [3.8, 4) is 17.5 Å². The number of anilines is 1. The Bertz CT molecular complexity index is 1010. The lowest BCUT2D eigenvalue weighted by Crippen LogP contribution is -2.07. The van der Waals surface area contributed by atoms with Crippen LogP contribution in [0.25, 0.3) is 22.8 Å². The molecule has 0 aliphatic rings. The van der Waals surface area contributed by atoms with Crippen LogP contribution in [0.3, 0.4) is 0 Å². The summed E-state index contributed by atoms with van der Waals surface area (Å²) >= 11 is 0. The van der Waals surface area contributed by atoms with E-state index in [9.17, 15) is 5.26 Å². The molecule has 0 amide bonds. The van der Waals surface area contributed by atoms with Gasteiger partial charge in [0.25, 0.3) is 0 Å². The summed E-state index contributed by atoms with van der Waals surface area (Å²) in [4.78, 5) is 8.69. The quantitative estimate of drug-likeness (QED) is 0.801. The molecule has 0 radical (unpaired) electrons. The van der Waals surface area contributed by atoms with Gasteiger partial charge in [-0.2, -0.15) is 5.26 Å². The van der Waals surface area contributed by atoms with Crippen LogP contribution in [-0.4, -0.2) is 21.6 Å². The van der Waals surface area contributed by atoms with Gasteiger partial charge in [0.15, 0.2) is 11.5 Å². The molecule has 24 heavy (non-hydrogen) atoms. The number of aryl methyl sites for hydroxylation is 1. The summed E-state index contributed by atoms with van der Waals surface area (Å²) in [6.07, 6.45) is 3.17. The summed E-state index contributed by atoms with van der Waals surface area (Å²) in [6, 6.07) is 6.01. The number of nitrogen functional groups attached to an aromatic ring is 1. The Balaban J connectivity index is 2.49. The van der Waals surface area contributed by atoms with Gasteiger partial charge in [-0.05, 0) is 31.6 Å². The van der Waals surface area contributed by atoms with Crippen LogP contribution in [0.15, 0.2) is 24.9 Å². The van der Waals surface area contributed by atoms with Crippen LogP contribution in [0.4, 0.5) is 5.82 Å². The maximum atomic E-state index is 9.50. The van der Waals surface area contributed by atoms with Crippen molar-refractivity contribution in [3.05, 3.63) is 47.4 Å². The Morgan fingerprint density at radius 3 is 2.75 bits per heavy atom. The van der Waals surface area contributed by atoms with E-state index in [1.807, 2.05) is 26.0 Å². The molecule has 2 N–H and O–H groups in total. The molecule has 3 rings (SSSR count). The number of ether oxygens (including phenoxy) is 1. The minimum atomic E-state index is 0.336. The maximum absolute atomic E-state index is 9.50. The van der Waals surface area contributed by atoms with Crippen LogP contribution in [-0.2, 0) is 0 Å². The van der Waals surface area contributed by atoms with Crippen molar-refractivity contribution in [2.45, 2.75) is 13.8 Å². The van der Waals surface area contributed by atoms with Gasteiger partial charge >= 0.3 is 0 Å². The van der Waals surface area contributed by atoms with Crippen molar-refractivity contribution < 1.29 is 4.74 Å². The molecule has 0 fully saturated rings. The number of fused-ring (bicyclic) bond motifs is 1. The molecular weight excluding hydrogens is 302 g/mol. The zero-order chi connectivity index (χ0) is 17.4. The molecule has 0 unspecified atom stereocenters. The fraction of sp³-hybridized carbons (Fsp3) is 0.167. The zero-order valence-corrected chi connectivity index (χ0v) is 13.8. The van der Waals surface area contributed by atoms with E-state index >= 15 is 0 Å². The zero-order valence-electron chi connectivity index (χ0n) is 13.8. The lowest BCUT2D eigenvalue weighted by molar-refractivity contribution is 0.411. The molecule has 3 aromatic rings. The van der Waals surface area contributed by atoms with Crippen LogP contribution in [0.5, 0.6) is 5.75 Å². The highest BCUT2D eigenvalue weighted by Gasteiger charge is 2.21. The van der Waals surface area contributed by atoms with Gasteiger partial charge in [0.05, 0.1) is 18.2 Å². The number of aromatic nitrogens is 3. The van der Waals surface area contributed by atoms with Crippen molar-refractivity contribution in [2.24, 2.45) is 0 Å². The molecule has 2 heterocycles. The van der Waals surface area contributed by atoms with Crippen LogP contribution in [0, 0.1) is 25.2 Å². The highest BCUT2D eigenvalue weighted by molar-refractivity contribution is 5.91. The number of benzene rings is 1. The van der Waals surface area contributed by atoms with Crippen LogP contribution in [0.1, 0.15) is 22.5 Å². The summed E-state index contributed by atoms with van der Waals surface area (Å²) < 4.78 is 7.21. The van der Waals surface area contributed by atoms with Gasteiger partial charge in [-0.3, -0.25) is 4.57 Å². The molecule has 0 saturated heterocycles. The van der Waals surface area contributed by atoms with Crippen molar-refractivity contribution in [1.29, 1.82) is 5.26 Å². The third-order valence-corrected chi connectivity index (χ3v) is 4.09. The third-order valence-electron chi connectivity index (χ3n) is 4.09. The van der Waals surface area contributed by atoms with Gasteiger partial charge in [-0.15, -0.1) is 0 Å². The molecule has 6 nitrogen and oxygen atoms in total. The van der Waals surface area contributed by atoms with Crippen molar-refractivity contribution in [2.75, 3.05) is 12.8 Å². The first-order valence-corrected chi connectivity index (χ1v) is 7.37. The van der Waals surface area contributed by atoms with E-state index < -0.39 is 0 Å². The number of methoxy groups -OCH3 is 1. The normalized spacial score (nSPS) is 10.6. The van der Waals surface area contributed by atoms with E-state index in [2.05, 4.69) is 22.6 Å². The number of nitriles is 1. The monoisotopic (exact) mass is 319 g/mol. The third kappa shape index (κ3) is 2.10. The summed E-state index contributed by atoms with van der Waals surface area (Å²) in [5.41, 5.74) is 10.0. The molecule has 0 aliphatic carbocycles. The molecule has 0 atom stereocenters. The lowest BCUT2D eigenvalue weighted by atomic mass is 10.1. The van der Waals surface area contributed by atoms with Gasteiger partial charge in [0.2, 0.25) is 0 Å². The largest absolute Gasteiger partial charge is 0.496 e. The fourth-order valence-corrected chi connectivity index (χ4v) is 2.92. The number of rotatable bonds is 3. The highest BCUT2D eigenvalue weighted by atomic mass is 16.5.